The predicted molar refractivity (Wildman–Crippen MR) is 135 cm³/mol. The van der Waals surface area contributed by atoms with Gasteiger partial charge in [0.2, 0.25) is 10.0 Å². The molecule has 1 atom stereocenters. The molecule has 2 heterocycles. The van der Waals surface area contributed by atoms with Crippen molar-refractivity contribution < 1.29 is 36.8 Å². The van der Waals surface area contributed by atoms with Crippen molar-refractivity contribution in [2.45, 2.75) is 23.9 Å². The number of hydrogen-bond acceptors (Lipinski definition) is 11. The van der Waals surface area contributed by atoms with Crippen molar-refractivity contribution >= 4 is 45.0 Å². The summed E-state index contributed by atoms with van der Waals surface area (Å²) in [6.45, 7) is 0.350. The topological polar surface area (TPSA) is 170 Å². The molecule has 1 aliphatic rings. The van der Waals surface area contributed by atoms with Crippen LogP contribution in [-0.2, 0) is 35.6 Å². The van der Waals surface area contributed by atoms with Crippen LogP contribution >= 0.6 is 11.8 Å². The van der Waals surface area contributed by atoms with E-state index in [0.29, 0.717) is 11.5 Å². The standard InChI is InChI=1S/C22H28N4O9S2/c1-36-12-6-19(22(28)35-15-21(27)23-14-16-3-2-9-34-16)24-18-5-4-17(13-20(18)26(29)30)37(31,32)25-7-10-33-11-8-25/h2-5,9,13,19,24H,6-8,10-12,14-15H2,1H3,(H,23,27). The second-order valence-corrected chi connectivity index (χ2v) is 10.8. The Kier molecular flexibility index (Phi) is 10.3. The average Bonchev–Trinajstić information content (AvgIpc) is 3.42. The van der Waals surface area contributed by atoms with Gasteiger partial charge in [0.05, 0.1) is 35.8 Å². The SMILES string of the molecule is CSCCC(Nc1ccc(S(=O)(=O)N2CCOCC2)cc1[N+](=O)[O-])C(=O)OCC(=O)NCc1ccco1. The van der Waals surface area contributed by atoms with E-state index in [4.69, 9.17) is 13.9 Å². The molecule has 0 bridgehead atoms. The highest BCUT2D eigenvalue weighted by molar-refractivity contribution is 7.98. The first-order chi connectivity index (χ1) is 17.7. The number of nitrogens with one attached hydrogen (secondary N) is 2. The Morgan fingerprint density at radius 3 is 2.68 bits per heavy atom. The van der Waals surface area contributed by atoms with Crippen molar-refractivity contribution in [1.82, 2.24) is 9.62 Å². The van der Waals surface area contributed by atoms with E-state index in [0.717, 1.165) is 6.07 Å². The second-order valence-electron chi connectivity index (χ2n) is 7.89. The first kappa shape index (κ1) is 28.4. The van der Waals surface area contributed by atoms with E-state index in [1.807, 2.05) is 6.26 Å². The van der Waals surface area contributed by atoms with Crippen LogP contribution in [0.3, 0.4) is 0 Å². The minimum Gasteiger partial charge on any atom is -0.467 e. The van der Waals surface area contributed by atoms with E-state index < -0.39 is 45.2 Å². The normalized spacial score (nSPS) is 15.1. The zero-order valence-electron chi connectivity index (χ0n) is 20.1. The quantitative estimate of drug-likeness (QED) is 0.209. The van der Waals surface area contributed by atoms with Crippen molar-refractivity contribution in [3.63, 3.8) is 0 Å². The van der Waals surface area contributed by atoms with Crippen LogP contribution in [0.5, 0.6) is 0 Å². The maximum atomic E-state index is 12.9. The molecule has 2 aromatic rings. The highest BCUT2D eigenvalue weighted by atomic mass is 32.2. The molecule has 0 spiro atoms. The molecule has 1 aromatic heterocycles. The van der Waals surface area contributed by atoms with Crippen LogP contribution in [-0.4, -0.2) is 80.5 Å². The lowest BCUT2D eigenvalue weighted by Crippen LogP contribution is -2.40. The van der Waals surface area contributed by atoms with Gasteiger partial charge in [0.15, 0.2) is 6.61 Å². The number of ether oxygens (including phenoxy) is 2. The summed E-state index contributed by atoms with van der Waals surface area (Å²) in [6.07, 6.45) is 3.55. The number of hydrogen-bond donors (Lipinski definition) is 2. The summed E-state index contributed by atoms with van der Waals surface area (Å²) in [7, 11) is -3.96. The number of carbonyl (C=O) groups excluding carboxylic acids is 2. The van der Waals surface area contributed by atoms with Gasteiger partial charge in [-0.2, -0.15) is 16.1 Å². The van der Waals surface area contributed by atoms with Crippen LogP contribution in [0.1, 0.15) is 12.2 Å². The molecule has 15 heteroatoms. The number of esters is 1. The van der Waals surface area contributed by atoms with Crippen molar-refractivity contribution in [3.05, 3.63) is 52.5 Å². The van der Waals surface area contributed by atoms with Crippen molar-refractivity contribution in [2.75, 3.05) is 50.2 Å². The van der Waals surface area contributed by atoms with Gasteiger partial charge in [0, 0.05) is 19.2 Å². The van der Waals surface area contributed by atoms with Crippen LogP contribution in [0.15, 0.2) is 45.9 Å². The molecule has 1 aromatic carbocycles. The van der Waals surface area contributed by atoms with Gasteiger partial charge >= 0.3 is 5.97 Å². The van der Waals surface area contributed by atoms with Crippen molar-refractivity contribution in [1.29, 1.82) is 0 Å². The van der Waals surface area contributed by atoms with Gasteiger partial charge in [0.25, 0.3) is 11.6 Å². The lowest BCUT2D eigenvalue weighted by Gasteiger charge is -2.26. The molecule has 0 radical (unpaired) electrons. The van der Waals surface area contributed by atoms with Crippen LogP contribution in [0.25, 0.3) is 0 Å². The highest BCUT2D eigenvalue weighted by Gasteiger charge is 2.30. The summed E-state index contributed by atoms with van der Waals surface area (Å²) < 4.78 is 42.5. The fourth-order valence-corrected chi connectivity index (χ4v) is 5.34. The average molecular weight is 557 g/mol. The number of anilines is 1. The Morgan fingerprint density at radius 2 is 2.03 bits per heavy atom. The lowest BCUT2D eigenvalue weighted by molar-refractivity contribution is -0.384. The first-order valence-electron chi connectivity index (χ1n) is 11.3. The number of benzene rings is 1. The molecule has 0 saturated carbocycles. The Labute approximate surface area is 218 Å². The molecular weight excluding hydrogens is 528 g/mol. The maximum Gasteiger partial charge on any atom is 0.329 e. The van der Waals surface area contributed by atoms with Gasteiger partial charge in [-0.1, -0.05) is 0 Å². The molecule has 1 fully saturated rings. The molecule has 2 N–H and O–H groups in total. The van der Waals surface area contributed by atoms with Crippen LogP contribution in [0, 0.1) is 10.1 Å². The van der Waals surface area contributed by atoms with Crippen molar-refractivity contribution in [3.8, 4) is 0 Å². The number of amides is 1. The van der Waals surface area contributed by atoms with E-state index in [2.05, 4.69) is 10.6 Å². The number of carbonyl (C=O) groups is 2. The number of sulfonamides is 1. The number of furan rings is 1. The number of nitro benzene ring substituents is 1. The van der Waals surface area contributed by atoms with Gasteiger partial charge in [-0.3, -0.25) is 14.9 Å². The summed E-state index contributed by atoms with van der Waals surface area (Å²) in [6, 6.07) is 5.81. The molecular formula is C22H28N4O9S2. The Balaban J connectivity index is 1.70. The Morgan fingerprint density at radius 1 is 1.27 bits per heavy atom. The Hall–Kier alpha value is -3.14. The van der Waals surface area contributed by atoms with Gasteiger partial charge in [0.1, 0.15) is 17.5 Å². The van der Waals surface area contributed by atoms with Gasteiger partial charge < -0.3 is 24.5 Å². The van der Waals surface area contributed by atoms with Gasteiger partial charge in [-0.15, -0.1) is 0 Å². The molecule has 37 heavy (non-hydrogen) atoms. The number of nitrogens with zero attached hydrogens (tertiary/aromatic N) is 2. The zero-order chi connectivity index (χ0) is 26.8. The molecule has 1 unspecified atom stereocenters. The van der Waals surface area contributed by atoms with Gasteiger partial charge in [-0.05, 0) is 42.7 Å². The van der Waals surface area contributed by atoms with Crippen molar-refractivity contribution in [2.24, 2.45) is 0 Å². The Bertz CT molecular complexity index is 1180. The zero-order valence-corrected chi connectivity index (χ0v) is 21.7. The monoisotopic (exact) mass is 556 g/mol. The third kappa shape index (κ3) is 7.92. The number of rotatable bonds is 13. The maximum absolute atomic E-state index is 12.9. The molecule has 202 valence electrons. The van der Waals surface area contributed by atoms with E-state index >= 15 is 0 Å². The first-order valence-corrected chi connectivity index (χ1v) is 14.1. The molecule has 13 nitrogen and oxygen atoms in total. The van der Waals surface area contributed by atoms with Gasteiger partial charge in [-0.25, -0.2) is 13.2 Å². The lowest BCUT2D eigenvalue weighted by atomic mass is 10.2. The van der Waals surface area contributed by atoms with Crippen LogP contribution in [0.4, 0.5) is 11.4 Å². The summed E-state index contributed by atoms with van der Waals surface area (Å²) in [4.78, 5) is 35.6. The molecule has 3 rings (SSSR count). The smallest absolute Gasteiger partial charge is 0.329 e. The summed E-state index contributed by atoms with van der Waals surface area (Å²) >= 11 is 1.45. The molecule has 0 aliphatic carbocycles. The van der Waals surface area contributed by atoms with E-state index in [9.17, 15) is 28.1 Å². The number of thioether (sulfide) groups is 1. The fraction of sp³-hybridized carbons (Fsp3) is 0.455. The summed E-state index contributed by atoms with van der Waals surface area (Å²) in [5.41, 5.74) is -0.552. The summed E-state index contributed by atoms with van der Waals surface area (Å²) in [5.74, 6) is -0.265. The van der Waals surface area contributed by atoms with E-state index in [-0.39, 0.29) is 49.9 Å². The third-order valence-electron chi connectivity index (χ3n) is 5.38. The third-order valence-corrected chi connectivity index (χ3v) is 7.92. The number of nitro groups is 1. The fourth-order valence-electron chi connectivity index (χ4n) is 3.44. The second kappa shape index (κ2) is 13.4. The minimum absolute atomic E-state index is 0.0451. The minimum atomic E-state index is -3.96. The summed E-state index contributed by atoms with van der Waals surface area (Å²) in [5, 5.41) is 17.1. The molecule has 1 aliphatic heterocycles. The predicted octanol–water partition coefficient (Wildman–Crippen LogP) is 1.60. The number of morpholine rings is 1. The largest absolute Gasteiger partial charge is 0.467 e. The van der Waals surface area contributed by atoms with E-state index in [1.165, 1.54) is 34.5 Å². The molecule has 1 amide bonds. The molecule has 1 saturated heterocycles. The van der Waals surface area contributed by atoms with Crippen LogP contribution < -0.4 is 10.6 Å². The highest BCUT2D eigenvalue weighted by Crippen LogP contribution is 2.30. The van der Waals surface area contributed by atoms with Crippen LogP contribution in [0.2, 0.25) is 0 Å². The van der Waals surface area contributed by atoms with E-state index in [1.54, 1.807) is 12.1 Å².